The highest BCUT2D eigenvalue weighted by Crippen LogP contribution is 2.21. The summed E-state index contributed by atoms with van der Waals surface area (Å²) in [6, 6.07) is 10.8. The summed E-state index contributed by atoms with van der Waals surface area (Å²) < 4.78 is 1.23. The second-order valence-corrected chi connectivity index (χ2v) is 7.67. The van der Waals surface area contributed by atoms with Gasteiger partial charge in [0.15, 0.2) is 0 Å². The second kappa shape index (κ2) is 11.2. The van der Waals surface area contributed by atoms with Crippen molar-refractivity contribution in [1.29, 1.82) is 0 Å². The Kier molecular flexibility index (Phi) is 8.96. The summed E-state index contributed by atoms with van der Waals surface area (Å²) in [4.78, 5) is 14.3. The van der Waals surface area contributed by atoms with E-state index in [1.807, 2.05) is 0 Å². The van der Waals surface area contributed by atoms with Gasteiger partial charge in [-0.05, 0) is 25.5 Å². The predicted molar refractivity (Wildman–Crippen MR) is 110 cm³/mol. The molecule has 146 valence electrons. The number of amides is 1. The van der Waals surface area contributed by atoms with Gasteiger partial charge in [0.05, 0.1) is 32.7 Å². The van der Waals surface area contributed by atoms with Crippen LogP contribution in [0, 0.1) is 0 Å². The molecule has 26 heavy (non-hydrogen) atoms. The molecule has 1 aromatic carbocycles. The molecule has 0 radical (unpaired) electrons. The summed E-state index contributed by atoms with van der Waals surface area (Å²) in [5, 5.41) is 3.10. The number of nitrogens with one attached hydrogen (secondary N) is 1. The highest BCUT2D eigenvalue weighted by atomic mass is 16.1. The van der Waals surface area contributed by atoms with E-state index in [4.69, 9.17) is 0 Å². The van der Waals surface area contributed by atoms with E-state index in [2.05, 4.69) is 54.4 Å². The molecular formula is C22H38N3O+. The van der Waals surface area contributed by atoms with Gasteiger partial charge in [-0.3, -0.25) is 4.79 Å². The monoisotopic (exact) mass is 360 g/mol. The molecule has 1 heterocycles. The first-order valence-electron chi connectivity index (χ1n) is 10.6. The highest BCUT2D eigenvalue weighted by molar-refractivity contribution is 5.75. The Hall–Kier alpha value is -1.55. The molecule has 0 aromatic heterocycles. The molecule has 1 aromatic rings. The van der Waals surface area contributed by atoms with Crippen LogP contribution in [0.15, 0.2) is 30.3 Å². The van der Waals surface area contributed by atoms with Gasteiger partial charge in [0.2, 0.25) is 5.91 Å². The molecule has 1 aliphatic rings. The van der Waals surface area contributed by atoms with E-state index in [0.29, 0.717) is 6.42 Å². The lowest BCUT2D eigenvalue weighted by Gasteiger charge is -2.37. The Morgan fingerprint density at radius 1 is 1.08 bits per heavy atom. The van der Waals surface area contributed by atoms with Crippen LogP contribution in [0.4, 0.5) is 5.69 Å². The van der Waals surface area contributed by atoms with Crippen molar-refractivity contribution in [2.24, 2.45) is 0 Å². The number of quaternary nitrogens is 1. The average molecular weight is 361 g/mol. The zero-order chi connectivity index (χ0) is 18.7. The third-order valence-electron chi connectivity index (χ3n) is 5.75. The Balaban J connectivity index is 1.78. The zero-order valence-electron chi connectivity index (χ0n) is 16.9. The van der Waals surface area contributed by atoms with Gasteiger partial charge in [-0.1, -0.05) is 31.5 Å². The largest absolute Gasteiger partial charge is 0.366 e. The van der Waals surface area contributed by atoms with E-state index in [1.165, 1.54) is 49.2 Å². The number of nitrogens with zero attached hydrogens (tertiary/aromatic N) is 2. The molecule has 1 saturated heterocycles. The normalized spacial score (nSPS) is 15.8. The number of para-hydroxylation sites is 1. The van der Waals surface area contributed by atoms with Gasteiger partial charge in [0.1, 0.15) is 0 Å². The van der Waals surface area contributed by atoms with Gasteiger partial charge in [-0.25, -0.2) is 0 Å². The van der Waals surface area contributed by atoms with Crippen LogP contribution in [0.2, 0.25) is 0 Å². The number of hydrogen-bond donors (Lipinski definition) is 1. The summed E-state index contributed by atoms with van der Waals surface area (Å²) in [5.74, 6) is 0.223. The van der Waals surface area contributed by atoms with E-state index in [0.717, 1.165) is 38.9 Å². The van der Waals surface area contributed by atoms with Crippen molar-refractivity contribution >= 4 is 11.6 Å². The molecule has 0 bridgehead atoms. The molecule has 1 fully saturated rings. The molecule has 4 nitrogen and oxygen atoms in total. The molecule has 0 spiro atoms. The average Bonchev–Trinajstić information content (AvgIpc) is 3.14. The van der Waals surface area contributed by atoms with Gasteiger partial charge in [0, 0.05) is 44.5 Å². The van der Waals surface area contributed by atoms with Crippen LogP contribution in [0.3, 0.4) is 0 Å². The molecule has 0 aliphatic carbocycles. The molecule has 0 atom stereocenters. The van der Waals surface area contributed by atoms with Crippen molar-refractivity contribution in [1.82, 2.24) is 5.32 Å². The molecule has 4 heteroatoms. The Morgan fingerprint density at radius 3 is 2.46 bits per heavy atom. The van der Waals surface area contributed by atoms with Crippen LogP contribution in [0.1, 0.15) is 52.4 Å². The summed E-state index contributed by atoms with van der Waals surface area (Å²) in [6.07, 6.45) is 6.55. The third-order valence-corrected chi connectivity index (χ3v) is 5.75. The Bertz CT molecular complexity index is 511. The van der Waals surface area contributed by atoms with Crippen LogP contribution >= 0.6 is 0 Å². The minimum absolute atomic E-state index is 0.223. The fraction of sp³-hybridized carbons (Fsp3) is 0.682. The molecule has 0 saturated carbocycles. The van der Waals surface area contributed by atoms with Crippen molar-refractivity contribution < 1.29 is 9.28 Å². The lowest BCUT2D eigenvalue weighted by Crippen LogP contribution is -2.51. The van der Waals surface area contributed by atoms with Crippen LogP contribution in [-0.2, 0) is 4.79 Å². The van der Waals surface area contributed by atoms with E-state index in [1.54, 1.807) is 0 Å². The Labute approximate surface area is 160 Å². The lowest BCUT2D eigenvalue weighted by atomic mass is 10.2. The van der Waals surface area contributed by atoms with Gasteiger partial charge in [-0.2, -0.15) is 0 Å². The van der Waals surface area contributed by atoms with Crippen LogP contribution in [-0.4, -0.2) is 56.2 Å². The van der Waals surface area contributed by atoms with Gasteiger partial charge < -0.3 is 14.7 Å². The maximum absolute atomic E-state index is 11.8. The molecule has 1 N–H and O–H groups in total. The van der Waals surface area contributed by atoms with E-state index in [9.17, 15) is 4.79 Å². The zero-order valence-corrected chi connectivity index (χ0v) is 16.9. The first kappa shape index (κ1) is 20.8. The summed E-state index contributed by atoms with van der Waals surface area (Å²) >= 11 is 0. The van der Waals surface area contributed by atoms with Gasteiger partial charge in [-0.15, -0.1) is 0 Å². The van der Waals surface area contributed by atoms with Crippen LogP contribution in [0.25, 0.3) is 0 Å². The fourth-order valence-corrected chi connectivity index (χ4v) is 4.07. The van der Waals surface area contributed by atoms with Crippen molar-refractivity contribution in [3.63, 3.8) is 0 Å². The number of carbonyl (C=O) groups excluding carboxylic acids is 1. The molecule has 2 rings (SSSR count). The van der Waals surface area contributed by atoms with Gasteiger partial charge in [0.25, 0.3) is 0 Å². The highest BCUT2D eigenvalue weighted by Gasteiger charge is 2.31. The number of hydrogen-bond acceptors (Lipinski definition) is 2. The quantitative estimate of drug-likeness (QED) is 0.454. The number of benzene rings is 1. The summed E-state index contributed by atoms with van der Waals surface area (Å²) in [7, 11) is 0. The lowest BCUT2D eigenvalue weighted by molar-refractivity contribution is -0.915. The predicted octanol–water partition coefficient (Wildman–Crippen LogP) is 3.82. The smallest absolute Gasteiger partial charge is 0.219 e. The summed E-state index contributed by atoms with van der Waals surface area (Å²) in [6.45, 7) is 12.4. The third kappa shape index (κ3) is 6.64. The minimum Gasteiger partial charge on any atom is -0.366 e. The number of unbranched alkanes of at least 4 members (excludes halogenated alkanes) is 1. The standard InChI is InChI=1S/C22H37N3O/c1-3-5-14-22(26)23-15-11-19-25(17-9-10-18-25)20-16-24(4-2)21-12-7-6-8-13-21/h6-8,12-13H,3-5,9-11,14-20H2,1-2H3/p+1. The molecule has 0 unspecified atom stereocenters. The SMILES string of the molecule is CCCCC(=O)NCCC[N+]1(CCN(CC)c2ccccc2)CCCC1. The number of likely N-dealkylation sites (N-methyl/N-ethyl adjacent to an activating group) is 1. The second-order valence-electron chi connectivity index (χ2n) is 7.67. The first-order chi connectivity index (χ1) is 12.7. The minimum atomic E-state index is 0.223. The molecule has 1 aliphatic heterocycles. The van der Waals surface area contributed by atoms with E-state index >= 15 is 0 Å². The summed E-state index contributed by atoms with van der Waals surface area (Å²) in [5.41, 5.74) is 1.33. The van der Waals surface area contributed by atoms with Crippen molar-refractivity contribution in [3.05, 3.63) is 30.3 Å². The van der Waals surface area contributed by atoms with E-state index < -0.39 is 0 Å². The van der Waals surface area contributed by atoms with Gasteiger partial charge >= 0.3 is 0 Å². The topological polar surface area (TPSA) is 32.3 Å². The van der Waals surface area contributed by atoms with Crippen molar-refractivity contribution in [2.45, 2.75) is 52.4 Å². The Morgan fingerprint density at radius 2 is 1.81 bits per heavy atom. The maximum Gasteiger partial charge on any atom is 0.219 e. The number of rotatable bonds is 12. The fourth-order valence-electron chi connectivity index (χ4n) is 4.07. The maximum atomic E-state index is 11.8. The van der Waals surface area contributed by atoms with E-state index in [-0.39, 0.29) is 5.91 Å². The number of anilines is 1. The van der Waals surface area contributed by atoms with Crippen LogP contribution in [0.5, 0.6) is 0 Å². The number of carbonyl (C=O) groups is 1. The van der Waals surface area contributed by atoms with Crippen LogP contribution < -0.4 is 10.2 Å². The van der Waals surface area contributed by atoms with Crippen molar-refractivity contribution in [3.8, 4) is 0 Å². The first-order valence-corrected chi connectivity index (χ1v) is 10.6. The van der Waals surface area contributed by atoms with Crippen molar-refractivity contribution in [2.75, 3.05) is 50.7 Å². The number of likely N-dealkylation sites (tertiary alicyclic amines) is 1. The molecule has 1 amide bonds. The molecular weight excluding hydrogens is 322 g/mol.